The summed E-state index contributed by atoms with van der Waals surface area (Å²) in [4.78, 5) is 14.0. The molecule has 0 heterocycles. The van der Waals surface area contributed by atoms with Gasteiger partial charge in [0.1, 0.15) is 0 Å². The summed E-state index contributed by atoms with van der Waals surface area (Å²) in [5.74, 6) is 1.80. The number of halogens is 1. The van der Waals surface area contributed by atoms with Crippen LogP contribution in [0.15, 0.2) is 0 Å². The highest BCUT2D eigenvalue weighted by Gasteiger charge is 2.45. The predicted octanol–water partition coefficient (Wildman–Crippen LogP) is 1.65. The van der Waals surface area contributed by atoms with Crippen LogP contribution >= 0.6 is 12.4 Å². The summed E-state index contributed by atoms with van der Waals surface area (Å²) in [6.45, 7) is 2.39. The van der Waals surface area contributed by atoms with Crippen molar-refractivity contribution in [2.45, 2.75) is 38.6 Å². The zero-order valence-electron chi connectivity index (χ0n) is 10.2. The first-order valence-corrected chi connectivity index (χ1v) is 6.12. The van der Waals surface area contributed by atoms with Crippen LogP contribution in [0.3, 0.4) is 0 Å². The number of rotatable bonds is 5. The largest absolute Gasteiger partial charge is 0.342 e. The highest BCUT2D eigenvalue weighted by atomic mass is 35.5. The van der Waals surface area contributed by atoms with Crippen LogP contribution in [0.5, 0.6) is 0 Å². The summed E-state index contributed by atoms with van der Waals surface area (Å²) < 4.78 is 0. The summed E-state index contributed by atoms with van der Waals surface area (Å²) in [6, 6.07) is 0.520. The number of hydrogen-bond donors (Lipinski definition) is 1. The molecule has 0 saturated heterocycles. The predicted molar refractivity (Wildman–Crippen MR) is 67.5 cm³/mol. The third-order valence-corrected chi connectivity index (χ3v) is 3.78. The Morgan fingerprint density at radius 2 is 1.75 bits per heavy atom. The van der Waals surface area contributed by atoms with Crippen molar-refractivity contribution >= 4 is 18.3 Å². The Kier molecular flexibility index (Phi) is 4.62. The van der Waals surface area contributed by atoms with Crippen LogP contribution in [-0.4, -0.2) is 30.4 Å². The molecule has 0 aromatic carbocycles. The third-order valence-electron chi connectivity index (χ3n) is 3.78. The second-order valence-corrected chi connectivity index (χ2v) is 5.25. The standard InChI is InChI=1S/C12H22N2O.ClH/c1-8(7-13)12(15)14(2)11(9-3-4-9)10-5-6-10;/h8-11H,3-7,13H2,1-2H3;1H. The molecule has 1 atom stereocenters. The monoisotopic (exact) mass is 246 g/mol. The molecular weight excluding hydrogens is 224 g/mol. The second kappa shape index (κ2) is 5.37. The minimum atomic E-state index is -0.0185. The molecule has 2 fully saturated rings. The molecular formula is C12H23ClN2O. The summed E-state index contributed by atoms with van der Waals surface area (Å²) in [6.07, 6.45) is 5.26. The number of nitrogens with two attached hydrogens (primary N) is 1. The fourth-order valence-electron chi connectivity index (χ4n) is 2.49. The van der Waals surface area contributed by atoms with Gasteiger partial charge in [-0.2, -0.15) is 0 Å². The molecule has 0 aromatic heterocycles. The zero-order valence-corrected chi connectivity index (χ0v) is 11.0. The highest BCUT2D eigenvalue weighted by molar-refractivity contribution is 5.85. The van der Waals surface area contributed by atoms with Gasteiger partial charge in [0.25, 0.3) is 0 Å². The van der Waals surface area contributed by atoms with Crippen LogP contribution < -0.4 is 5.73 Å². The maximum atomic E-state index is 12.0. The lowest BCUT2D eigenvalue weighted by Gasteiger charge is -2.30. The summed E-state index contributed by atoms with van der Waals surface area (Å²) in [5.41, 5.74) is 5.55. The average molecular weight is 247 g/mol. The molecule has 0 spiro atoms. The van der Waals surface area contributed by atoms with Gasteiger partial charge < -0.3 is 10.6 Å². The number of nitrogens with zero attached hydrogens (tertiary/aromatic N) is 1. The number of carbonyl (C=O) groups excluding carboxylic acids is 1. The van der Waals surface area contributed by atoms with Gasteiger partial charge in [0.05, 0.1) is 0 Å². The minimum Gasteiger partial charge on any atom is -0.342 e. The van der Waals surface area contributed by atoms with Gasteiger partial charge in [0, 0.05) is 25.6 Å². The lowest BCUT2D eigenvalue weighted by atomic mass is 10.0. The van der Waals surface area contributed by atoms with Crippen LogP contribution in [0, 0.1) is 17.8 Å². The van der Waals surface area contributed by atoms with Crippen LogP contribution in [0.4, 0.5) is 0 Å². The molecule has 2 aliphatic carbocycles. The van der Waals surface area contributed by atoms with Crippen molar-refractivity contribution in [3.05, 3.63) is 0 Å². The van der Waals surface area contributed by atoms with Crippen LogP contribution in [0.25, 0.3) is 0 Å². The molecule has 2 N–H and O–H groups in total. The summed E-state index contributed by atoms with van der Waals surface area (Å²) in [5, 5.41) is 0. The Balaban J connectivity index is 0.00000128. The Hall–Kier alpha value is -0.280. The first kappa shape index (κ1) is 13.8. The van der Waals surface area contributed by atoms with Gasteiger partial charge in [0.2, 0.25) is 5.91 Å². The van der Waals surface area contributed by atoms with Crippen molar-refractivity contribution in [3.8, 4) is 0 Å². The average Bonchev–Trinajstić information content (AvgIpc) is 3.07. The van der Waals surface area contributed by atoms with Gasteiger partial charge in [-0.1, -0.05) is 6.92 Å². The van der Waals surface area contributed by atoms with E-state index in [-0.39, 0.29) is 24.2 Å². The van der Waals surface area contributed by atoms with Crippen LogP contribution in [-0.2, 0) is 4.79 Å². The van der Waals surface area contributed by atoms with Crippen LogP contribution in [0.2, 0.25) is 0 Å². The molecule has 0 bridgehead atoms. The van der Waals surface area contributed by atoms with E-state index in [4.69, 9.17) is 5.73 Å². The van der Waals surface area contributed by atoms with Crippen molar-refractivity contribution < 1.29 is 4.79 Å². The molecule has 0 radical (unpaired) electrons. The van der Waals surface area contributed by atoms with E-state index in [9.17, 15) is 4.79 Å². The normalized spacial score (nSPS) is 21.5. The lowest BCUT2D eigenvalue weighted by molar-refractivity contribution is -0.136. The fourth-order valence-corrected chi connectivity index (χ4v) is 2.49. The summed E-state index contributed by atoms with van der Waals surface area (Å²) in [7, 11) is 1.97. The van der Waals surface area contributed by atoms with Crippen molar-refractivity contribution in [1.29, 1.82) is 0 Å². The van der Waals surface area contributed by atoms with E-state index >= 15 is 0 Å². The summed E-state index contributed by atoms with van der Waals surface area (Å²) >= 11 is 0. The quantitative estimate of drug-likeness (QED) is 0.802. The SMILES string of the molecule is CC(CN)C(=O)N(C)C(C1CC1)C1CC1.Cl. The van der Waals surface area contributed by atoms with E-state index in [0.717, 1.165) is 11.8 Å². The molecule has 1 amide bonds. The molecule has 4 heteroatoms. The second-order valence-electron chi connectivity index (χ2n) is 5.25. The van der Waals surface area contributed by atoms with Crippen molar-refractivity contribution in [2.75, 3.05) is 13.6 Å². The zero-order chi connectivity index (χ0) is 11.0. The molecule has 1 unspecified atom stereocenters. The Bertz CT molecular complexity index is 239. The first-order chi connectivity index (χ1) is 7.15. The van der Waals surface area contributed by atoms with E-state index in [0.29, 0.717) is 12.6 Å². The van der Waals surface area contributed by atoms with E-state index in [1.807, 2.05) is 18.9 Å². The minimum absolute atomic E-state index is 0. The third kappa shape index (κ3) is 2.89. The van der Waals surface area contributed by atoms with Gasteiger partial charge in [-0.05, 0) is 37.5 Å². The molecule has 2 aliphatic rings. The van der Waals surface area contributed by atoms with Gasteiger partial charge in [0.15, 0.2) is 0 Å². The van der Waals surface area contributed by atoms with E-state index in [2.05, 4.69) is 0 Å². The van der Waals surface area contributed by atoms with Gasteiger partial charge in [-0.25, -0.2) is 0 Å². The maximum Gasteiger partial charge on any atom is 0.226 e. The number of amides is 1. The fraction of sp³-hybridized carbons (Fsp3) is 0.917. The molecule has 94 valence electrons. The Morgan fingerprint density at radius 1 is 1.31 bits per heavy atom. The first-order valence-electron chi connectivity index (χ1n) is 6.12. The Labute approximate surface area is 104 Å². The van der Waals surface area contributed by atoms with Gasteiger partial charge in [-0.3, -0.25) is 4.79 Å². The maximum absolute atomic E-state index is 12.0. The van der Waals surface area contributed by atoms with E-state index < -0.39 is 0 Å². The van der Waals surface area contributed by atoms with Crippen LogP contribution in [0.1, 0.15) is 32.6 Å². The lowest BCUT2D eigenvalue weighted by Crippen LogP contribution is -2.44. The molecule has 0 aromatic rings. The molecule has 0 aliphatic heterocycles. The van der Waals surface area contributed by atoms with Crippen molar-refractivity contribution in [2.24, 2.45) is 23.5 Å². The molecule has 2 rings (SSSR count). The topological polar surface area (TPSA) is 46.3 Å². The number of carbonyl (C=O) groups is 1. The Morgan fingerprint density at radius 3 is 2.06 bits per heavy atom. The van der Waals surface area contributed by atoms with Gasteiger partial charge in [-0.15, -0.1) is 12.4 Å². The smallest absolute Gasteiger partial charge is 0.226 e. The van der Waals surface area contributed by atoms with E-state index in [1.54, 1.807) is 0 Å². The van der Waals surface area contributed by atoms with Crippen molar-refractivity contribution in [1.82, 2.24) is 4.90 Å². The van der Waals surface area contributed by atoms with Gasteiger partial charge >= 0.3 is 0 Å². The molecule has 3 nitrogen and oxygen atoms in total. The molecule has 2 saturated carbocycles. The van der Waals surface area contributed by atoms with Crippen molar-refractivity contribution in [3.63, 3.8) is 0 Å². The number of hydrogen-bond acceptors (Lipinski definition) is 2. The van der Waals surface area contributed by atoms with E-state index in [1.165, 1.54) is 25.7 Å². The highest BCUT2D eigenvalue weighted by Crippen LogP contribution is 2.47. The molecule has 16 heavy (non-hydrogen) atoms.